The van der Waals surface area contributed by atoms with Gasteiger partial charge in [-0.3, -0.25) is 0 Å². The molecule has 0 bridgehead atoms. The van der Waals surface area contributed by atoms with Crippen molar-refractivity contribution in [3.63, 3.8) is 0 Å². The van der Waals surface area contributed by atoms with Gasteiger partial charge in [-0.05, 0) is 11.8 Å². The van der Waals surface area contributed by atoms with Gasteiger partial charge in [-0.15, -0.1) is 0 Å². The molecule has 5 heteroatoms. The number of H-pyrrole nitrogens is 2. The Morgan fingerprint density at radius 2 is 2.12 bits per heavy atom. The average molecular weight is 226 g/mol. The van der Waals surface area contributed by atoms with Crippen LogP contribution in [0.5, 0.6) is 0 Å². The van der Waals surface area contributed by atoms with Gasteiger partial charge in [-0.2, -0.15) is 0 Å². The van der Waals surface area contributed by atoms with Crippen molar-refractivity contribution in [3.8, 4) is 0 Å². The third-order valence-electron chi connectivity index (χ3n) is 2.91. The van der Waals surface area contributed by atoms with Gasteiger partial charge >= 0.3 is 11.7 Å². The van der Waals surface area contributed by atoms with Crippen LogP contribution in [0.2, 0.25) is 0 Å². The quantitative estimate of drug-likeness (QED) is 0.748. The molecule has 0 aliphatic heterocycles. The van der Waals surface area contributed by atoms with E-state index in [9.17, 15) is 9.59 Å². The molecule has 0 aliphatic rings. The molecule has 0 spiro atoms. The second kappa shape index (κ2) is 5.53. The molecule has 2 atom stereocenters. The van der Waals surface area contributed by atoms with E-state index in [0.29, 0.717) is 18.4 Å². The molecule has 0 radical (unpaired) electrons. The Hall–Kier alpha value is -1.52. The van der Waals surface area contributed by atoms with Crippen LogP contribution in [0.4, 0.5) is 0 Å². The Bertz CT molecular complexity index is 394. The Kier molecular flexibility index (Phi) is 4.34. The van der Waals surface area contributed by atoms with E-state index in [1.165, 1.54) is 6.20 Å². The lowest BCUT2D eigenvalue weighted by atomic mass is 9.95. The van der Waals surface area contributed by atoms with Gasteiger partial charge in [0.2, 0.25) is 0 Å². The highest BCUT2D eigenvalue weighted by Gasteiger charge is 2.14. The van der Waals surface area contributed by atoms with Crippen LogP contribution in [0, 0.1) is 11.8 Å². The minimum atomic E-state index is -0.492. The number of hydrogen-bond donors (Lipinski definition) is 2. The van der Waals surface area contributed by atoms with Crippen LogP contribution >= 0.6 is 0 Å². The first-order valence-corrected chi connectivity index (χ1v) is 5.49. The smallest absolute Gasteiger partial charge is 0.356 e. The van der Waals surface area contributed by atoms with Crippen molar-refractivity contribution >= 4 is 5.97 Å². The largest absolute Gasteiger partial charge is 0.461 e. The first-order valence-electron chi connectivity index (χ1n) is 5.49. The van der Waals surface area contributed by atoms with Crippen molar-refractivity contribution in [2.45, 2.75) is 27.2 Å². The minimum Gasteiger partial charge on any atom is -0.461 e. The zero-order chi connectivity index (χ0) is 12.1. The van der Waals surface area contributed by atoms with E-state index >= 15 is 0 Å². The zero-order valence-electron chi connectivity index (χ0n) is 9.87. The third-order valence-corrected chi connectivity index (χ3v) is 2.91. The van der Waals surface area contributed by atoms with Gasteiger partial charge < -0.3 is 14.7 Å². The van der Waals surface area contributed by atoms with Gasteiger partial charge in [0.05, 0.1) is 6.61 Å². The fourth-order valence-corrected chi connectivity index (χ4v) is 1.29. The first-order chi connectivity index (χ1) is 7.54. The van der Waals surface area contributed by atoms with E-state index in [1.54, 1.807) is 0 Å². The second-order valence-corrected chi connectivity index (χ2v) is 4.12. The molecule has 16 heavy (non-hydrogen) atoms. The molecule has 1 aromatic rings. The predicted molar refractivity (Wildman–Crippen MR) is 60.3 cm³/mol. The highest BCUT2D eigenvalue weighted by Crippen LogP contribution is 2.14. The molecule has 1 heterocycles. The number of esters is 1. The highest BCUT2D eigenvalue weighted by molar-refractivity contribution is 5.86. The number of rotatable bonds is 5. The van der Waals surface area contributed by atoms with Crippen LogP contribution in [0.3, 0.4) is 0 Å². The Labute approximate surface area is 94.2 Å². The molecule has 2 unspecified atom stereocenters. The summed E-state index contributed by atoms with van der Waals surface area (Å²) in [6, 6.07) is 0. The fraction of sp³-hybridized carbons (Fsp3) is 0.636. The number of aromatic nitrogens is 2. The van der Waals surface area contributed by atoms with Crippen LogP contribution in [-0.2, 0) is 4.74 Å². The highest BCUT2D eigenvalue weighted by atomic mass is 16.5. The van der Waals surface area contributed by atoms with Gasteiger partial charge in [-0.1, -0.05) is 27.2 Å². The number of nitrogens with one attached hydrogen (secondary N) is 2. The van der Waals surface area contributed by atoms with E-state index in [4.69, 9.17) is 4.74 Å². The monoisotopic (exact) mass is 226 g/mol. The molecule has 1 aromatic heterocycles. The van der Waals surface area contributed by atoms with E-state index in [0.717, 1.165) is 6.42 Å². The van der Waals surface area contributed by atoms with Crippen molar-refractivity contribution in [2.24, 2.45) is 11.8 Å². The summed E-state index contributed by atoms with van der Waals surface area (Å²) in [7, 11) is 0. The molecule has 0 saturated heterocycles. The Morgan fingerprint density at radius 1 is 1.44 bits per heavy atom. The Morgan fingerprint density at radius 3 is 2.62 bits per heavy atom. The van der Waals surface area contributed by atoms with Crippen molar-refractivity contribution in [2.75, 3.05) is 6.61 Å². The van der Waals surface area contributed by atoms with Gasteiger partial charge in [0.15, 0.2) is 0 Å². The van der Waals surface area contributed by atoms with Crippen LogP contribution in [0.15, 0.2) is 11.0 Å². The molecule has 90 valence electrons. The van der Waals surface area contributed by atoms with E-state index in [-0.39, 0.29) is 5.69 Å². The second-order valence-electron chi connectivity index (χ2n) is 4.12. The van der Waals surface area contributed by atoms with Crippen molar-refractivity contribution in [1.82, 2.24) is 9.97 Å². The number of carbonyl (C=O) groups is 1. The number of aromatic amines is 2. The van der Waals surface area contributed by atoms with Crippen LogP contribution < -0.4 is 5.69 Å². The van der Waals surface area contributed by atoms with E-state index in [1.807, 2.05) is 6.92 Å². The number of ether oxygens (including phenoxy) is 1. The van der Waals surface area contributed by atoms with E-state index < -0.39 is 11.7 Å². The van der Waals surface area contributed by atoms with E-state index in [2.05, 4.69) is 23.8 Å². The topological polar surface area (TPSA) is 75.0 Å². The minimum absolute atomic E-state index is 0.168. The number of hydrogen-bond acceptors (Lipinski definition) is 3. The molecule has 0 aliphatic carbocycles. The molecule has 1 rings (SSSR count). The SMILES string of the molecule is CCC(C)C(C)COC(=O)c1c[nH]c(=O)[nH]1. The molecular weight excluding hydrogens is 208 g/mol. The fourth-order valence-electron chi connectivity index (χ4n) is 1.29. The van der Waals surface area contributed by atoms with Gasteiger partial charge in [0, 0.05) is 6.20 Å². The standard InChI is InChI=1S/C11H18N2O3/c1-4-7(2)8(3)6-16-10(14)9-5-12-11(15)13-9/h5,7-8H,4,6H2,1-3H3,(H2,12,13,15). The maximum Gasteiger partial charge on any atom is 0.356 e. The lowest BCUT2D eigenvalue weighted by Gasteiger charge is -2.17. The van der Waals surface area contributed by atoms with Crippen molar-refractivity contribution in [1.29, 1.82) is 0 Å². The Balaban J connectivity index is 2.44. The van der Waals surface area contributed by atoms with Crippen molar-refractivity contribution < 1.29 is 9.53 Å². The summed E-state index contributed by atoms with van der Waals surface area (Å²) < 4.78 is 5.10. The summed E-state index contributed by atoms with van der Waals surface area (Å²) >= 11 is 0. The summed E-state index contributed by atoms with van der Waals surface area (Å²) in [6.45, 7) is 6.64. The summed E-state index contributed by atoms with van der Waals surface area (Å²) in [5.74, 6) is 0.339. The molecule has 0 saturated carbocycles. The summed E-state index contributed by atoms with van der Waals surface area (Å²) in [4.78, 5) is 26.9. The molecular formula is C11H18N2O3. The summed E-state index contributed by atoms with van der Waals surface area (Å²) in [5, 5.41) is 0. The number of imidazole rings is 1. The lowest BCUT2D eigenvalue weighted by Crippen LogP contribution is -2.18. The molecule has 0 fully saturated rings. The zero-order valence-corrected chi connectivity index (χ0v) is 9.87. The first kappa shape index (κ1) is 12.5. The summed E-state index contributed by atoms with van der Waals surface area (Å²) in [5.41, 5.74) is -0.233. The van der Waals surface area contributed by atoms with Crippen LogP contribution in [0.1, 0.15) is 37.7 Å². The maximum absolute atomic E-state index is 11.5. The molecule has 0 amide bonds. The number of carbonyl (C=O) groups excluding carboxylic acids is 1. The predicted octanol–water partition coefficient (Wildman–Crippen LogP) is 1.54. The lowest BCUT2D eigenvalue weighted by molar-refractivity contribution is 0.0405. The third kappa shape index (κ3) is 3.25. The van der Waals surface area contributed by atoms with Crippen LogP contribution in [-0.4, -0.2) is 22.5 Å². The van der Waals surface area contributed by atoms with Crippen LogP contribution in [0.25, 0.3) is 0 Å². The summed E-state index contributed by atoms with van der Waals surface area (Å²) in [6.07, 6.45) is 2.37. The normalized spacial score (nSPS) is 14.4. The molecule has 2 N–H and O–H groups in total. The van der Waals surface area contributed by atoms with Gasteiger partial charge in [0.25, 0.3) is 0 Å². The van der Waals surface area contributed by atoms with Gasteiger partial charge in [0.1, 0.15) is 5.69 Å². The molecule has 5 nitrogen and oxygen atoms in total. The molecule has 0 aromatic carbocycles. The van der Waals surface area contributed by atoms with Crippen molar-refractivity contribution in [3.05, 3.63) is 22.4 Å². The average Bonchev–Trinajstić information content (AvgIpc) is 2.71. The maximum atomic E-state index is 11.5. The van der Waals surface area contributed by atoms with Gasteiger partial charge in [-0.25, -0.2) is 9.59 Å².